The van der Waals surface area contributed by atoms with Gasteiger partial charge in [-0.05, 0) is 140 Å². The summed E-state index contributed by atoms with van der Waals surface area (Å²) in [6.07, 6.45) is -25.8. The van der Waals surface area contributed by atoms with E-state index >= 15 is 24.0 Å². The van der Waals surface area contributed by atoms with Gasteiger partial charge in [-0.1, -0.05) is 55.2 Å². The van der Waals surface area contributed by atoms with Crippen molar-refractivity contribution < 1.29 is 153 Å². The van der Waals surface area contributed by atoms with Crippen LogP contribution in [0.1, 0.15) is 105 Å². The fourth-order valence-electron chi connectivity index (χ4n) is 15.4. The third kappa shape index (κ3) is 23.3. The molecule has 704 valence electrons. The van der Waals surface area contributed by atoms with Gasteiger partial charge in [0, 0.05) is 61.0 Å². The number of rotatable bonds is 23. The Labute approximate surface area is 747 Å². The van der Waals surface area contributed by atoms with E-state index in [-0.39, 0.29) is 61.8 Å². The largest absolute Gasteiger partial charge is 0.573 e. The van der Waals surface area contributed by atoms with Crippen LogP contribution in [-0.4, -0.2) is 257 Å². The first-order chi connectivity index (χ1) is 61.4. The van der Waals surface area contributed by atoms with Gasteiger partial charge in [0.25, 0.3) is 16.1 Å². The number of hydroxylamine groups is 1. The lowest BCUT2D eigenvalue weighted by Crippen LogP contribution is -2.66. The maximum Gasteiger partial charge on any atom is 0.573 e. The number of nitrogens with one attached hydrogen (secondary N) is 11. The van der Waals surface area contributed by atoms with Crippen molar-refractivity contribution in [3.8, 4) is 62.9 Å². The van der Waals surface area contributed by atoms with Gasteiger partial charge in [0.2, 0.25) is 53.4 Å². The fourth-order valence-corrected chi connectivity index (χ4v) is 16.2. The van der Waals surface area contributed by atoms with Crippen LogP contribution < -0.4 is 87.9 Å². The van der Waals surface area contributed by atoms with E-state index in [0.29, 0.717) is 0 Å². The summed E-state index contributed by atoms with van der Waals surface area (Å²) in [7, 11) is -2.86. The molecule has 8 aliphatic rings. The molecule has 6 aromatic rings. The number of phenols is 3. The molecule has 17 unspecified atom stereocenters. The highest BCUT2D eigenvalue weighted by Gasteiger charge is 2.53. The monoisotopic (exact) mass is 1890 g/mol. The number of benzene rings is 6. The number of phenolic OH excluding ortho intramolecular Hbond substituents is 3. The second-order valence-electron chi connectivity index (χ2n) is 31.9. The van der Waals surface area contributed by atoms with Gasteiger partial charge in [0.1, 0.15) is 101 Å². The molecule has 19 atom stereocenters. The number of nitrogens with two attached hydrogens (primary N) is 2. The number of carbonyl (C=O) groups excluding carboxylic acids is 9. The highest BCUT2D eigenvalue weighted by atomic mass is 35.5. The zero-order valence-electron chi connectivity index (χ0n) is 69.4. The van der Waals surface area contributed by atoms with E-state index in [4.69, 9.17) is 72.1 Å². The average Bonchev–Trinajstić information content (AvgIpc) is 0.767. The van der Waals surface area contributed by atoms with E-state index in [0.717, 1.165) is 84.9 Å². The molecule has 10 amide bonds. The molecule has 43 nitrogen and oxygen atoms in total. The van der Waals surface area contributed by atoms with Crippen molar-refractivity contribution in [1.29, 1.82) is 0 Å². The number of aromatic hydroxyl groups is 3. The predicted molar refractivity (Wildman–Crippen MR) is 444 cm³/mol. The van der Waals surface area contributed by atoms with Crippen LogP contribution in [0.4, 0.5) is 23.7 Å². The number of likely N-dealkylation sites (N-methyl/N-ethyl adjacent to an activating group) is 1. The van der Waals surface area contributed by atoms with Crippen molar-refractivity contribution in [2.24, 2.45) is 16.8 Å². The number of amides is 10. The molecule has 0 saturated carbocycles. The number of aliphatic hydroxyl groups excluding tert-OH is 6. The number of anilines is 1. The Balaban J connectivity index is 0.995. The molecule has 11 bridgehead atoms. The van der Waals surface area contributed by atoms with E-state index in [9.17, 15) is 86.7 Å². The third-order valence-electron chi connectivity index (χ3n) is 21.9. The van der Waals surface area contributed by atoms with Gasteiger partial charge < -0.3 is 142 Å². The van der Waals surface area contributed by atoms with Crippen LogP contribution in [0.3, 0.4) is 0 Å². The summed E-state index contributed by atoms with van der Waals surface area (Å²) >= 11 is 14.4. The Hall–Kier alpha value is -11.3. The van der Waals surface area contributed by atoms with E-state index < -0.39 is 301 Å². The quantitative estimate of drug-likeness (QED) is 0.0303. The number of fused-ring (bicyclic) bond motifs is 15. The molecule has 130 heavy (non-hydrogen) atoms. The first kappa shape index (κ1) is 97.7. The molecule has 0 radical (unpaired) electrons. The van der Waals surface area contributed by atoms with Crippen molar-refractivity contribution in [3.05, 3.63) is 141 Å². The van der Waals surface area contributed by atoms with Crippen LogP contribution in [0.15, 0.2) is 103 Å². The molecule has 3 fully saturated rings. The molecule has 0 aliphatic carbocycles. The number of urea groups is 1. The van der Waals surface area contributed by atoms with Crippen LogP contribution >= 0.6 is 23.2 Å². The summed E-state index contributed by atoms with van der Waals surface area (Å²) in [5.41, 5.74) is 3.27. The van der Waals surface area contributed by atoms with Gasteiger partial charge in [-0.2, -0.15) is 8.42 Å². The summed E-state index contributed by atoms with van der Waals surface area (Å²) in [5, 5.41) is 134. The third-order valence-corrected chi connectivity index (χ3v) is 23.1. The van der Waals surface area contributed by atoms with E-state index in [1.807, 2.05) is 10.2 Å². The van der Waals surface area contributed by atoms with Crippen LogP contribution in [0.25, 0.3) is 11.1 Å². The van der Waals surface area contributed by atoms with E-state index in [1.54, 1.807) is 20.8 Å². The lowest BCUT2D eigenvalue weighted by Gasteiger charge is -2.49. The lowest BCUT2D eigenvalue weighted by atomic mass is 9.84. The summed E-state index contributed by atoms with van der Waals surface area (Å²) in [4.78, 5) is 141. The van der Waals surface area contributed by atoms with Crippen LogP contribution in [-0.2, 0) is 72.4 Å². The summed E-state index contributed by atoms with van der Waals surface area (Å²) in [6, 6.07) is 2.18. The number of ether oxygens (including phenoxy) is 8. The molecular weight excluding hydrogens is 1790 g/mol. The summed E-state index contributed by atoms with van der Waals surface area (Å²) in [5.74, 6) is -17.1. The van der Waals surface area contributed by atoms with Crippen molar-refractivity contribution in [2.45, 2.75) is 169 Å². The number of primary amides is 1. The lowest BCUT2D eigenvalue weighted by molar-refractivity contribution is -0.334. The number of aliphatic hydroxyl groups is 6. The molecular formula is C81H95Cl2F3N14O29S. The van der Waals surface area contributed by atoms with E-state index in [1.165, 1.54) is 37.1 Å². The van der Waals surface area contributed by atoms with Crippen LogP contribution in [0, 0.1) is 5.92 Å². The maximum atomic E-state index is 16.4. The SMILES string of the molecule is CNC(CC(C)C)C(=O)NC1C(=O)NC(CC(N)=O)C(=O)NC2C(=O)NC3C(=O)NC(C(=O)N[C@@H](C(=O)NOCCNS(N)(=O)=O)c4cc(O)cc(O)c4-c4cc3ccc4O)C(O)c3ccc(c(Cl)c3)Oc3cc2cc(c3OC2OC(CO)C(O)C(O)C2OC2C[C@@](C)(NCC3CN(C(=O)Nc4ccc(OC(F)(F)F)cc4)CCO3)C(O)C(C)O2)Oc2ccc(cc2Cl)C1O. The normalized spacial score (nSPS) is 27.0. The van der Waals surface area contributed by atoms with Gasteiger partial charge in [0.15, 0.2) is 23.9 Å². The zero-order chi connectivity index (χ0) is 94.4. The van der Waals surface area contributed by atoms with Crippen molar-refractivity contribution >= 4 is 92.4 Å². The summed E-state index contributed by atoms with van der Waals surface area (Å²) in [6.45, 7) is 4.32. The number of carbonyl (C=O) groups is 9. The molecule has 49 heteroatoms. The van der Waals surface area contributed by atoms with Crippen molar-refractivity contribution in [1.82, 2.24) is 57.6 Å². The molecule has 6 aromatic carbocycles. The first-order valence-electron chi connectivity index (χ1n) is 40.3. The number of halogens is 5. The van der Waals surface area contributed by atoms with Gasteiger partial charge >= 0.3 is 12.4 Å². The van der Waals surface area contributed by atoms with Crippen molar-refractivity contribution in [2.75, 3.05) is 58.4 Å². The van der Waals surface area contributed by atoms with Crippen LogP contribution in [0.5, 0.6) is 51.7 Å². The van der Waals surface area contributed by atoms with Gasteiger partial charge in [-0.3, -0.25) is 43.2 Å². The number of hydrogen-bond donors (Lipinski definition) is 22. The Kier molecular flexibility index (Phi) is 30.8. The minimum atomic E-state index is -4.97. The highest BCUT2D eigenvalue weighted by molar-refractivity contribution is 7.87. The Morgan fingerprint density at radius 3 is 2.01 bits per heavy atom. The molecule has 24 N–H and O–H groups in total. The number of alkyl halides is 3. The Bertz CT molecular complexity index is 5370. The van der Waals surface area contributed by atoms with Gasteiger partial charge in [0.05, 0.1) is 60.6 Å². The standard InChI is InChI=1S/C81H95Cl2F3N14O29S/c1-33(2)20-47(89-5)71(111)97-62-64(106)36-7-14-51(45(82)22-36)124-53-24-38-25-54(68(53)128-78-69(67(109)66(108)55(32-101)126-78)127-57-29-80(4,70(110)34(3)123-57)90-30-42-31-100(17-19-121-42)79(118)92-39-9-11-41(12-10-39)129-81(84,85)86)125-52-15-8-37(23-46(52)83)65(107)63-76(116)96-61(77(117)99-122-18-16-91-130(88,119)120)44-26-40(102)27-50(104)58(44)43-21-35(6-13-49(43)103)59(73(113)98-63)95-74(114)60(38)94-72(112)48(28-56(87)105)93-75(62)115/h6-15,21-27,33-34,42,47-48,55,57,59-67,69-70,78,89-91,101-104,106-110H,16-20,28-32H2,1-5H3,(H2,87,105)(H,92,118)(H,93,115)(H,94,112)(H,95,114)(H,96,116)(H,97,111)(H,98,113)(H,99,117)(H2,88,119,120)/t34?,42?,47?,48?,55?,57?,59?,60?,61-,62?,63?,64?,65?,66?,67?,69?,70?,78?,80-/m1/s1. The van der Waals surface area contributed by atoms with E-state index in [2.05, 4.69) is 52.6 Å². The topological polar surface area (TPSA) is 641 Å². The minimum absolute atomic E-state index is 0.00678. The van der Waals surface area contributed by atoms with Crippen LogP contribution in [0.2, 0.25) is 10.0 Å². The zero-order valence-corrected chi connectivity index (χ0v) is 71.8. The second kappa shape index (κ2) is 41.0. The van der Waals surface area contributed by atoms with Gasteiger partial charge in [-0.15, -0.1) is 13.2 Å². The maximum absolute atomic E-state index is 16.4. The number of morpholine rings is 1. The average molecular weight is 1890 g/mol. The van der Waals surface area contributed by atoms with Gasteiger partial charge in [-0.25, -0.2) is 20.1 Å². The molecule has 8 aliphatic heterocycles. The summed E-state index contributed by atoms with van der Waals surface area (Å²) < 4.78 is 113. The Morgan fingerprint density at radius 2 is 1.38 bits per heavy atom. The van der Waals surface area contributed by atoms with Crippen molar-refractivity contribution in [3.63, 3.8) is 0 Å². The number of nitrogens with zero attached hydrogens (tertiary/aromatic N) is 1. The Morgan fingerprint density at radius 1 is 0.746 bits per heavy atom. The molecule has 0 spiro atoms. The molecule has 0 aromatic heterocycles. The smallest absolute Gasteiger partial charge is 0.508 e. The first-order valence-corrected chi connectivity index (χ1v) is 42.6. The fraction of sp³-hybridized carbons (Fsp3) is 0.444. The predicted octanol–water partition coefficient (Wildman–Crippen LogP) is 0.325. The molecule has 3 saturated heterocycles. The highest BCUT2D eigenvalue weighted by Crippen LogP contribution is 2.50. The molecule has 14 rings (SSSR count). The minimum Gasteiger partial charge on any atom is -0.508 e. The molecule has 8 heterocycles. The second-order valence-corrected chi connectivity index (χ2v) is 34.1. The number of hydrogen-bond acceptors (Lipinski definition) is 31.